The number of para-hydroxylation sites is 2. The number of aromatic nitrogens is 3. The Kier molecular flexibility index (Phi) is 9.31. The molecule has 11 nitrogen and oxygen atoms in total. The van der Waals surface area contributed by atoms with E-state index in [0.717, 1.165) is 17.7 Å². The lowest BCUT2D eigenvalue weighted by Crippen LogP contribution is -2.17. The molecule has 0 atom stereocenters. The number of amides is 1. The maximum Gasteiger partial charge on any atom is 0.255 e. The number of anilines is 4. The number of pyridine rings is 1. The lowest BCUT2D eigenvalue weighted by Gasteiger charge is -2.21. The molecule has 14 heteroatoms. The van der Waals surface area contributed by atoms with Gasteiger partial charge in [-0.15, -0.1) is 0 Å². The van der Waals surface area contributed by atoms with Gasteiger partial charge in [-0.05, 0) is 72.6 Å². The summed E-state index contributed by atoms with van der Waals surface area (Å²) in [5.74, 6) is -1.97. The number of hydrogen-bond donors (Lipinski definition) is 3. The number of halogens is 2. The molecular weight excluding hydrogens is 654 g/mol. The molecule has 2 heterocycles. The van der Waals surface area contributed by atoms with Gasteiger partial charge in [-0.1, -0.05) is 24.3 Å². The van der Waals surface area contributed by atoms with Crippen LogP contribution in [0.15, 0.2) is 97.5 Å². The van der Waals surface area contributed by atoms with Gasteiger partial charge >= 0.3 is 0 Å². The maximum absolute atomic E-state index is 14.8. The molecule has 4 aromatic carbocycles. The molecule has 1 amide bonds. The van der Waals surface area contributed by atoms with Crippen molar-refractivity contribution in [2.24, 2.45) is 0 Å². The Hall–Kier alpha value is -6.15. The topological polar surface area (TPSA) is 150 Å². The maximum atomic E-state index is 14.8. The molecule has 0 saturated carbocycles. The molecule has 248 valence electrons. The molecule has 0 bridgehead atoms. The van der Waals surface area contributed by atoms with Crippen LogP contribution >= 0.6 is 0 Å². The van der Waals surface area contributed by atoms with Gasteiger partial charge in [0.1, 0.15) is 35.7 Å². The van der Waals surface area contributed by atoms with E-state index in [2.05, 4.69) is 20.3 Å². The van der Waals surface area contributed by atoms with Crippen LogP contribution in [0.5, 0.6) is 11.6 Å². The minimum atomic E-state index is -3.46. The number of hydrogen-bond acceptors (Lipinski definition) is 9. The Morgan fingerprint density at radius 3 is 2.41 bits per heavy atom. The number of thiol groups is 1. The first-order valence-electron chi connectivity index (χ1n) is 14.7. The molecule has 0 unspecified atom stereocenters. The molecule has 0 aliphatic rings. The van der Waals surface area contributed by atoms with Crippen molar-refractivity contribution in [3.63, 3.8) is 0 Å². The van der Waals surface area contributed by atoms with Gasteiger partial charge < -0.3 is 20.5 Å². The Labute approximate surface area is 281 Å². The number of benzene rings is 4. The number of rotatable bonds is 10. The fraction of sp³-hybridized carbons (Fsp3) is 0.0857. The molecule has 0 radical (unpaired) electrons. The number of nitrogens with zero attached hydrogens (tertiary/aromatic N) is 4. The third kappa shape index (κ3) is 6.94. The first-order valence-corrected chi connectivity index (χ1v) is 15.8. The second kappa shape index (κ2) is 13.9. The fourth-order valence-corrected chi connectivity index (χ4v) is 5.78. The Morgan fingerprint density at radius 2 is 1.69 bits per heavy atom. The van der Waals surface area contributed by atoms with Crippen molar-refractivity contribution in [1.29, 1.82) is 0 Å². The molecule has 3 N–H and O–H groups in total. The molecule has 0 fully saturated rings. The van der Waals surface area contributed by atoms with E-state index in [-0.39, 0.29) is 24.1 Å². The zero-order chi connectivity index (χ0) is 34.7. The van der Waals surface area contributed by atoms with Crippen molar-refractivity contribution in [2.75, 3.05) is 22.5 Å². The number of fused-ring (bicyclic) bond motifs is 1. The summed E-state index contributed by atoms with van der Waals surface area (Å²) >= 11 is 0. The predicted molar refractivity (Wildman–Crippen MR) is 182 cm³/mol. The van der Waals surface area contributed by atoms with E-state index in [1.807, 2.05) is 6.92 Å². The third-order valence-corrected chi connectivity index (χ3v) is 8.37. The average Bonchev–Trinajstić information content (AvgIpc) is 3.09. The van der Waals surface area contributed by atoms with Crippen LogP contribution in [0.4, 0.5) is 31.5 Å². The average molecular weight is 683 g/mol. The second-order valence-electron chi connectivity index (χ2n) is 10.8. The van der Waals surface area contributed by atoms with Crippen LogP contribution in [-0.2, 0) is 17.5 Å². The standard InChI is InChI=1S/C35H28F2N6O5S/c1-20-26-13-23(24-14-31(35(47-2)39-17-24)43(49(45)46)30-12-11-25(36)16-27(30)37)15-32(33(26)41-19-40-20)48-18-21-7-9-22(10-8-21)34(44)42-29-6-4-3-5-28(29)38/h3-17,19,49H,18,38H2,1-2H3,(H,42,44). The van der Waals surface area contributed by atoms with E-state index in [1.165, 1.54) is 25.7 Å². The van der Waals surface area contributed by atoms with Crippen LogP contribution in [0.2, 0.25) is 0 Å². The number of carbonyl (C=O) groups is 1. The van der Waals surface area contributed by atoms with E-state index < -0.39 is 28.2 Å². The third-order valence-electron chi connectivity index (χ3n) is 7.61. The van der Waals surface area contributed by atoms with Crippen LogP contribution in [0, 0.1) is 18.6 Å². The second-order valence-corrected chi connectivity index (χ2v) is 11.6. The van der Waals surface area contributed by atoms with Crippen molar-refractivity contribution in [3.8, 4) is 22.8 Å². The minimum Gasteiger partial charge on any atom is -0.487 e. The van der Waals surface area contributed by atoms with Crippen LogP contribution < -0.4 is 24.8 Å². The highest BCUT2D eigenvalue weighted by Gasteiger charge is 2.23. The number of aryl methyl sites for hydroxylation is 1. The summed E-state index contributed by atoms with van der Waals surface area (Å²) in [6, 6.07) is 21.4. The predicted octanol–water partition coefficient (Wildman–Crippen LogP) is 6.37. The van der Waals surface area contributed by atoms with Crippen molar-refractivity contribution in [3.05, 3.63) is 126 Å². The van der Waals surface area contributed by atoms with Crippen molar-refractivity contribution < 1.29 is 31.5 Å². The quantitative estimate of drug-likeness (QED) is 0.111. The molecule has 0 aliphatic carbocycles. The number of carbonyl (C=O) groups excluding carboxylic acids is 1. The van der Waals surface area contributed by atoms with Crippen LogP contribution in [-0.4, -0.2) is 36.4 Å². The minimum absolute atomic E-state index is 0.0932. The summed E-state index contributed by atoms with van der Waals surface area (Å²) in [6.45, 7) is 1.93. The monoisotopic (exact) mass is 682 g/mol. The van der Waals surface area contributed by atoms with Crippen molar-refractivity contribution >= 4 is 50.4 Å². The normalized spacial score (nSPS) is 11.0. The summed E-state index contributed by atoms with van der Waals surface area (Å²) in [5, 5.41) is 3.46. The largest absolute Gasteiger partial charge is 0.487 e. The van der Waals surface area contributed by atoms with Gasteiger partial charge in [-0.2, -0.15) is 0 Å². The first kappa shape index (κ1) is 32.8. The summed E-state index contributed by atoms with van der Waals surface area (Å²) in [5.41, 5.74) is 9.79. The van der Waals surface area contributed by atoms with Crippen LogP contribution in [0.25, 0.3) is 22.0 Å². The Balaban J connectivity index is 1.32. The van der Waals surface area contributed by atoms with Gasteiger partial charge in [0.05, 0.1) is 24.2 Å². The number of ether oxygens (including phenoxy) is 2. The zero-order valence-electron chi connectivity index (χ0n) is 26.1. The molecule has 49 heavy (non-hydrogen) atoms. The molecular formula is C35H28F2N6O5S. The van der Waals surface area contributed by atoms with E-state index in [4.69, 9.17) is 15.2 Å². The molecule has 6 aromatic rings. The lowest BCUT2D eigenvalue weighted by atomic mass is 10.0. The van der Waals surface area contributed by atoms with Gasteiger partial charge in [-0.3, -0.25) is 4.79 Å². The summed E-state index contributed by atoms with van der Waals surface area (Å²) < 4.78 is 65.6. The van der Waals surface area contributed by atoms with E-state index >= 15 is 0 Å². The number of nitrogen functional groups attached to an aromatic ring is 1. The molecule has 0 aliphatic heterocycles. The van der Waals surface area contributed by atoms with Gasteiger partial charge in [0, 0.05) is 34.5 Å². The smallest absolute Gasteiger partial charge is 0.255 e. The van der Waals surface area contributed by atoms with Crippen LogP contribution in [0.1, 0.15) is 21.6 Å². The summed E-state index contributed by atoms with van der Waals surface area (Å²) in [6.07, 6.45) is 2.89. The van der Waals surface area contributed by atoms with Gasteiger partial charge in [0.15, 0.2) is 5.82 Å². The van der Waals surface area contributed by atoms with Gasteiger partial charge in [-0.25, -0.2) is 36.5 Å². The first-order chi connectivity index (χ1) is 23.6. The molecule has 0 saturated heterocycles. The van der Waals surface area contributed by atoms with Crippen molar-refractivity contribution in [2.45, 2.75) is 13.5 Å². The lowest BCUT2D eigenvalue weighted by molar-refractivity contribution is 0.102. The van der Waals surface area contributed by atoms with Crippen LogP contribution in [0.3, 0.4) is 0 Å². The van der Waals surface area contributed by atoms with E-state index in [9.17, 15) is 22.0 Å². The summed E-state index contributed by atoms with van der Waals surface area (Å²) in [7, 11) is -2.17. The van der Waals surface area contributed by atoms with E-state index in [0.29, 0.717) is 60.8 Å². The molecule has 2 aromatic heterocycles. The van der Waals surface area contributed by atoms with Gasteiger partial charge in [0.2, 0.25) is 16.8 Å². The van der Waals surface area contributed by atoms with E-state index in [1.54, 1.807) is 60.7 Å². The fourth-order valence-electron chi connectivity index (χ4n) is 5.12. The number of methoxy groups -OCH3 is 1. The van der Waals surface area contributed by atoms with Crippen molar-refractivity contribution in [1.82, 2.24) is 15.0 Å². The molecule has 6 rings (SSSR count). The summed E-state index contributed by atoms with van der Waals surface area (Å²) in [4.78, 5) is 25.8. The van der Waals surface area contributed by atoms with Gasteiger partial charge in [0.25, 0.3) is 5.91 Å². The molecule has 0 spiro atoms. The Bertz CT molecular complexity index is 2280. The number of nitrogens with one attached hydrogen (secondary N) is 1. The Morgan fingerprint density at radius 1 is 0.918 bits per heavy atom. The highest BCUT2D eigenvalue weighted by atomic mass is 32.2. The highest BCUT2D eigenvalue weighted by Crippen LogP contribution is 2.39. The zero-order valence-corrected chi connectivity index (χ0v) is 26.9. The SMILES string of the molecule is COc1ncc(-c2cc(OCc3ccc(C(=O)Nc4ccccc4N)cc3)c3ncnc(C)c3c2)cc1N(c1ccc(F)cc1F)[SH](=O)=O. The number of nitrogens with two attached hydrogens (primary N) is 1. The highest BCUT2D eigenvalue weighted by molar-refractivity contribution is 7.74.